The molecule has 0 aliphatic heterocycles. The zero-order chi connectivity index (χ0) is 10.6. The van der Waals surface area contributed by atoms with Gasteiger partial charge >= 0.3 is 0 Å². The van der Waals surface area contributed by atoms with Crippen molar-refractivity contribution in [1.82, 2.24) is 0 Å². The highest BCUT2D eigenvalue weighted by Gasteiger charge is 2.20. The van der Waals surface area contributed by atoms with Gasteiger partial charge in [0.05, 0.1) is 0 Å². The van der Waals surface area contributed by atoms with Crippen molar-refractivity contribution in [3.63, 3.8) is 0 Å². The Morgan fingerprint density at radius 3 is 2.36 bits per heavy atom. The summed E-state index contributed by atoms with van der Waals surface area (Å²) in [4.78, 5) is 0. The SMILES string of the molecule is C=C(CC[Si](C)(Cl)Cl)c1ccccc1. The summed E-state index contributed by atoms with van der Waals surface area (Å²) < 4.78 is 0. The first-order valence-electron chi connectivity index (χ1n) is 4.60. The molecule has 0 spiro atoms. The number of allylic oxidation sites excluding steroid dienone is 1. The molecule has 76 valence electrons. The molecule has 0 saturated carbocycles. The van der Waals surface area contributed by atoms with Crippen LogP contribution in [0.15, 0.2) is 36.9 Å². The van der Waals surface area contributed by atoms with Crippen LogP contribution in [0.3, 0.4) is 0 Å². The third kappa shape index (κ3) is 4.31. The van der Waals surface area contributed by atoms with Gasteiger partial charge in [0.2, 0.25) is 6.69 Å². The summed E-state index contributed by atoms with van der Waals surface area (Å²) in [6.45, 7) is 4.00. The molecule has 14 heavy (non-hydrogen) atoms. The average Bonchev–Trinajstić information content (AvgIpc) is 2.14. The minimum atomic E-state index is -1.97. The van der Waals surface area contributed by atoms with E-state index in [1.54, 1.807) is 0 Å². The molecule has 0 radical (unpaired) electrons. The van der Waals surface area contributed by atoms with Gasteiger partial charge < -0.3 is 0 Å². The molecule has 1 aromatic carbocycles. The highest BCUT2D eigenvalue weighted by molar-refractivity contribution is 7.44. The lowest BCUT2D eigenvalue weighted by Gasteiger charge is -2.11. The number of benzene rings is 1. The van der Waals surface area contributed by atoms with Gasteiger partial charge in [-0.05, 0) is 30.1 Å². The van der Waals surface area contributed by atoms with E-state index < -0.39 is 6.69 Å². The molecule has 0 aliphatic rings. The summed E-state index contributed by atoms with van der Waals surface area (Å²) >= 11 is 12.1. The van der Waals surface area contributed by atoms with E-state index in [2.05, 4.69) is 18.7 Å². The fourth-order valence-electron chi connectivity index (χ4n) is 1.19. The van der Waals surface area contributed by atoms with Crippen molar-refractivity contribution in [2.75, 3.05) is 0 Å². The molecule has 0 fully saturated rings. The number of rotatable bonds is 4. The maximum absolute atomic E-state index is 6.03. The third-order valence-corrected chi connectivity index (χ3v) is 4.31. The Labute approximate surface area is 96.0 Å². The molecule has 0 amide bonds. The molecule has 0 atom stereocenters. The standard InChI is InChI=1S/C11H14Cl2Si/c1-10(8-9-14(2,12)13)11-6-4-3-5-7-11/h3-7H,1,8-9H2,2H3. The highest BCUT2D eigenvalue weighted by Crippen LogP contribution is 2.27. The van der Waals surface area contributed by atoms with Gasteiger partial charge in [-0.2, -0.15) is 0 Å². The quantitative estimate of drug-likeness (QED) is 0.535. The van der Waals surface area contributed by atoms with Crippen LogP contribution < -0.4 is 0 Å². The average molecular weight is 245 g/mol. The Kier molecular flexibility index (Phi) is 4.23. The third-order valence-electron chi connectivity index (χ3n) is 2.05. The first-order chi connectivity index (χ1) is 6.49. The van der Waals surface area contributed by atoms with Gasteiger partial charge in [-0.3, -0.25) is 0 Å². The number of hydrogen-bond acceptors (Lipinski definition) is 0. The van der Waals surface area contributed by atoms with Crippen molar-refractivity contribution in [2.24, 2.45) is 0 Å². The molecule has 0 nitrogen and oxygen atoms in total. The van der Waals surface area contributed by atoms with Crippen LogP contribution in [0.4, 0.5) is 0 Å². The second-order valence-electron chi connectivity index (χ2n) is 3.54. The molecule has 3 heteroatoms. The van der Waals surface area contributed by atoms with Gasteiger partial charge in [-0.15, -0.1) is 22.2 Å². The Balaban J connectivity index is 2.52. The second kappa shape index (κ2) is 5.01. The zero-order valence-corrected chi connectivity index (χ0v) is 10.8. The Bertz CT molecular complexity index is 301. The smallest absolute Gasteiger partial charge is 0.146 e. The Morgan fingerprint density at radius 1 is 1.29 bits per heavy atom. The first-order valence-corrected chi connectivity index (χ1v) is 9.33. The van der Waals surface area contributed by atoms with E-state index in [9.17, 15) is 0 Å². The predicted molar refractivity (Wildman–Crippen MR) is 68.2 cm³/mol. The topological polar surface area (TPSA) is 0 Å². The summed E-state index contributed by atoms with van der Waals surface area (Å²) in [7, 11) is 0. The van der Waals surface area contributed by atoms with Gasteiger partial charge in [0, 0.05) is 0 Å². The minimum absolute atomic E-state index is 0.865. The van der Waals surface area contributed by atoms with E-state index in [-0.39, 0.29) is 0 Å². The highest BCUT2D eigenvalue weighted by atomic mass is 35.7. The van der Waals surface area contributed by atoms with Gasteiger partial charge in [0.25, 0.3) is 0 Å². The second-order valence-corrected chi connectivity index (χ2v) is 11.8. The summed E-state index contributed by atoms with van der Waals surface area (Å²) in [6.07, 6.45) is 0.889. The molecule has 0 aliphatic carbocycles. The largest absolute Gasteiger partial charge is 0.248 e. The van der Waals surface area contributed by atoms with Crippen molar-refractivity contribution in [2.45, 2.75) is 19.0 Å². The van der Waals surface area contributed by atoms with Crippen molar-refractivity contribution in [3.8, 4) is 0 Å². The lowest BCUT2D eigenvalue weighted by molar-refractivity contribution is 1.21. The molecular weight excluding hydrogens is 231 g/mol. The lowest BCUT2D eigenvalue weighted by Crippen LogP contribution is -2.11. The summed E-state index contributed by atoms with van der Waals surface area (Å²) in [6, 6.07) is 11.0. The van der Waals surface area contributed by atoms with E-state index in [0.717, 1.165) is 18.0 Å². The van der Waals surface area contributed by atoms with Crippen LogP contribution >= 0.6 is 22.2 Å². The predicted octanol–water partition coefficient (Wildman–Crippen LogP) is 4.64. The van der Waals surface area contributed by atoms with Crippen molar-refractivity contribution in [3.05, 3.63) is 42.5 Å². The van der Waals surface area contributed by atoms with Gasteiger partial charge in [-0.25, -0.2) is 0 Å². The van der Waals surface area contributed by atoms with Crippen molar-refractivity contribution in [1.29, 1.82) is 0 Å². The van der Waals surface area contributed by atoms with E-state index in [0.29, 0.717) is 0 Å². The zero-order valence-electron chi connectivity index (χ0n) is 8.26. The normalized spacial score (nSPS) is 11.4. The van der Waals surface area contributed by atoms with E-state index in [1.807, 2.05) is 24.7 Å². The first kappa shape index (κ1) is 11.8. The molecule has 0 N–H and O–H groups in total. The Hall–Kier alpha value is -0.243. The molecule has 0 saturated heterocycles. The molecule has 0 bridgehead atoms. The van der Waals surface area contributed by atoms with E-state index >= 15 is 0 Å². The summed E-state index contributed by atoms with van der Waals surface area (Å²) in [5.41, 5.74) is 2.30. The van der Waals surface area contributed by atoms with Crippen LogP contribution in [0.1, 0.15) is 12.0 Å². The molecule has 1 rings (SSSR count). The molecular formula is C11H14Cl2Si. The van der Waals surface area contributed by atoms with E-state index in [1.165, 1.54) is 5.56 Å². The fraction of sp³-hybridized carbons (Fsp3) is 0.273. The van der Waals surface area contributed by atoms with Crippen LogP contribution in [0.2, 0.25) is 12.6 Å². The number of hydrogen-bond donors (Lipinski definition) is 0. The molecule has 0 aromatic heterocycles. The minimum Gasteiger partial charge on any atom is -0.146 e. The molecule has 0 unspecified atom stereocenters. The van der Waals surface area contributed by atoms with Gasteiger partial charge in [0.1, 0.15) is 0 Å². The van der Waals surface area contributed by atoms with Crippen LogP contribution in [0, 0.1) is 0 Å². The van der Waals surface area contributed by atoms with Gasteiger partial charge in [-0.1, -0.05) is 36.9 Å². The van der Waals surface area contributed by atoms with Crippen LogP contribution in [-0.4, -0.2) is 6.69 Å². The fourth-order valence-corrected chi connectivity index (χ4v) is 2.50. The summed E-state index contributed by atoms with van der Waals surface area (Å²) in [5, 5.41) is 0. The maximum atomic E-state index is 6.03. The number of halogens is 2. The molecule has 0 heterocycles. The van der Waals surface area contributed by atoms with E-state index in [4.69, 9.17) is 22.2 Å². The van der Waals surface area contributed by atoms with Crippen LogP contribution in [-0.2, 0) is 0 Å². The Morgan fingerprint density at radius 2 is 1.86 bits per heavy atom. The monoisotopic (exact) mass is 244 g/mol. The van der Waals surface area contributed by atoms with Crippen LogP contribution in [0.25, 0.3) is 5.57 Å². The maximum Gasteiger partial charge on any atom is 0.248 e. The lowest BCUT2D eigenvalue weighted by atomic mass is 10.1. The molecule has 1 aromatic rings. The van der Waals surface area contributed by atoms with Crippen LogP contribution in [0.5, 0.6) is 0 Å². The summed E-state index contributed by atoms with van der Waals surface area (Å²) in [5.74, 6) is 0. The van der Waals surface area contributed by atoms with Crippen molar-refractivity contribution >= 4 is 34.4 Å². The van der Waals surface area contributed by atoms with Crippen molar-refractivity contribution < 1.29 is 0 Å². The van der Waals surface area contributed by atoms with Gasteiger partial charge in [0.15, 0.2) is 0 Å².